The molecule has 5 aromatic rings. The Balaban J connectivity index is 1.35. The number of rotatable bonds is 4. The van der Waals surface area contributed by atoms with E-state index in [1.807, 2.05) is 6.92 Å². The van der Waals surface area contributed by atoms with Crippen molar-refractivity contribution in [2.75, 3.05) is 18.1 Å². The molecule has 0 saturated heterocycles. The van der Waals surface area contributed by atoms with Crippen LogP contribution < -0.4 is 9.64 Å². The number of aromatic nitrogens is 4. The van der Waals surface area contributed by atoms with Crippen LogP contribution >= 0.6 is 0 Å². The van der Waals surface area contributed by atoms with Crippen molar-refractivity contribution in [3.8, 4) is 16.9 Å². The maximum atomic E-state index is 6.17. The van der Waals surface area contributed by atoms with E-state index in [-0.39, 0.29) is 0 Å². The lowest BCUT2D eigenvalue weighted by Gasteiger charge is -2.24. The van der Waals surface area contributed by atoms with E-state index in [9.17, 15) is 0 Å². The third-order valence-corrected chi connectivity index (χ3v) is 7.04. The first kappa shape index (κ1) is 22.3. The van der Waals surface area contributed by atoms with Crippen LogP contribution in [0.3, 0.4) is 0 Å². The van der Waals surface area contributed by atoms with Crippen molar-refractivity contribution in [3.05, 3.63) is 101 Å². The highest BCUT2D eigenvalue weighted by atomic mass is 16.5. The van der Waals surface area contributed by atoms with Gasteiger partial charge in [-0.25, -0.2) is 15.0 Å². The van der Waals surface area contributed by atoms with Crippen LogP contribution in [0.2, 0.25) is 0 Å². The molecule has 3 aromatic carbocycles. The molecule has 0 saturated carbocycles. The summed E-state index contributed by atoms with van der Waals surface area (Å²) in [7, 11) is 0. The lowest BCUT2D eigenvalue weighted by molar-refractivity contribution is 0.331. The Hall–Kier alpha value is -4.19. The molecule has 6 heteroatoms. The summed E-state index contributed by atoms with van der Waals surface area (Å²) in [6, 6.07) is 21.4. The minimum Gasteiger partial charge on any atom is -0.491 e. The van der Waals surface area contributed by atoms with Crippen LogP contribution in [0.4, 0.5) is 5.82 Å². The van der Waals surface area contributed by atoms with Gasteiger partial charge in [0.25, 0.3) is 0 Å². The first-order chi connectivity index (χ1) is 17.5. The van der Waals surface area contributed by atoms with Crippen molar-refractivity contribution in [3.63, 3.8) is 0 Å². The average Bonchev–Trinajstić information content (AvgIpc) is 3.12. The molecule has 1 N–H and O–H groups in total. The Morgan fingerprint density at radius 3 is 2.67 bits per heavy atom. The lowest BCUT2D eigenvalue weighted by Crippen LogP contribution is -2.28. The Bertz CT molecular complexity index is 1570. The van der Waals surface area contributed by atoms with Crippen LogP contribution in [-0.4, -0.2) is 33.1 Å². The zero-order chi connectivity index (χ0) is 24.6. The Morgan fingerprint density at radius 2 is 1.78 bits per heavy atom. The van der Waals surface area contributed by atoms with Gasteiger partial charge in [0, 0.05) is 29.8 Å². The van der Waals surface area contributed by atoms with Crippen molar-refractivity contribution in [2.24, 2.45) is 0 Å². The van der Waals surface area contributed by atoms with Crippen molar-refractivity contribution in [1.29, 1.82) is 0 Å². The Morgan fingerprint density at radius 1 is 0.944 bits per heavy atom. The molecule has 180 valence electrons. The van der Waals surface area contributed by atoms with Gasteiger partial charge in [0.05, 0.1) is 17.6 Å². The number of hydrogen-bond donors (Lipinski definition) is 1. The van der Waals surface area contributed by atoms with E-state index in [0.717, 1.165) is 70.3 Å². The van der Waals surface area contributed by atoms with Crippen molar-refractivity contribution >= 4 is 16.9 Å². The third kappa shape index (κ3) is 4.19. The third-order valence-electron chi connectivity index (χ3n) is 7.04. The summed E-state index contributed by atoms with van der Waals surface area (Å²) in [5.74, 6) is 2.85. The SMILES string of the molecule is Cc1nc2ccc(-c3ccc4c(c3)CN(c3ncnc(C)c3Cc3ccccc3C)CCO4)cc2[nH]1. The summed E-state index contributed by atoms with van der Waals surface area (Å²) in [5.41, 5.74) is 10.3. The second-order valence-electron chi connectivity index (χ2n) is 9.51. The van der Waals surface area contributed by atoms with E-state index in [1.165, 1.54) is 16.7 Å². The topological polar surface area (TPSA) is 66.9 Å². The molecule has 0 fully saturated rings. The monoisotopic (exact) mass is 475 g/mol. The first-order valence-corrected chi connectivity index (χ1v) is 12.4. The molecule has 0 aliphatic carbocycles. The fraction of sp³-hybridized carbons (Fsp3) is 0.233. The largest absolute Gasteiger partial charge is 0.491 e. The predicted octanol–water partition coefficient (Wildman–Crippen LogP) is 5.93. The number of H-pyrrole nitrogens is 1. The fourth-order valence-electron chi connectivity index (χ4n) is 5.04. The van der Waals surface area contributed by atoms with Gasteiger partial charge in [-0.2, -0.15) is 0 Å². The number of benzene rings is 3. The summed E-state index contributed by atoms with van der Waals surface area (Å²) in [4.78, 5) is 19.5. The molecule has 6 rings (SSSR count). The van der Waals surface area contributed by atoms with Gasteiger partial charge in [0.1, 0.15) is 30.3 Å². The van der Waals surface area contributed by atoms with E-state index in [2.05, 4.69) is 94.4 Å². The molecule has 1 aliphatic heterocycles. The molecule has 36 heavy (non-hydrogen) atoms. The second kappa shape index (κ2) is 9.11. The number of imidazole rings is 1. The van der Waals surface area contributed by atoms with E-state index >= 15 is 0 Å². The van der Waals surface area contributed by atoms with Crippen molar-refractivity contribution in [2.45, 2.75) is 33.7 Å². The molecule has 0 unspecified atom stereocenters. The number of aryl methyl sites for hydroxylation is 3. The number of hydrogen-bond acceptors (Lipinski definition) is 5. The zero-order valence-electron chi connectivity index (χ0n) is 20.9. The van der Waals surface area contributed by atoms with Gasteiger partial charge >= 0.3 is 0 Å². The van der Waals surface area contributed by atoms with Crippen LogP contribution in [0.25, 0.3) is 22.2 Å². The number of anilines is 1. The molecule has 0 radical (unpaired) electrons. The minimum atomic E-state index is 0.610. The minimum absolute atomic E-state index is 0.610. The molecule has 0 amide bonds. The highest BCUT2D eigenvalue weighted by Gasteiger charge is 2.21. The summed E-state index contributed by atoms with van der Waals surface area (Å²) >= 11 is 0. The molecule has 0 spiro atoms. The van der Waals surface area contributed by atoms with Gasteiger partial charge in [-0.1, -0.05) is 36.4 Å². The maximum absolute atomic E-state index is 6.17. The van der Waals surface area contributed by atoms with Gasteiger partial charge in [0.15, 0.2) is 0 Å². The summed E-state index contributed by atoms with van der Waals surface area (Å²) in [5, 5.41) is 0. The van der Waals surface area contributed by atoms with Crippen LogP contribution in [-0.2, 0) is 13.0 Å². The normalized spacial score (nSPS) is 13.4. The van der Waals surface area contributed by atoms with Gasteiger partial charge in [-0.05, 0) is 67.3 Å². The highest BCUT2D eigenvalue weighted by Crippen LogP contribution is 2.33. The number of fused-ring (bicyclic) bond motifs is 2. The number of aromatic amines is 1. The molecule has 2 aromatic heterocycles. The van der Waals surface area contributed by atoms with Crippen molar-refractivity contribution in [1.82, 2.24) is 19.9 Å². The smallest absolute Gasteiger partial charge is 0.136 e. The molecule has 1 aliphatic rings. The van der Waals surface area contributed by atoms with Gasteiger partial charge < -0.3 is 14.6 Å². The lowest BCUT2D eigenvalue weighted by atomic mass is 9.99. The molecular formula is C30H29N5O. The second-order valence-corrected chi connectivity index (χ2v) is 9.51. The van der Waals surface area contributed by atoms with Crippen LogP contribution in [0.5, 0.6) is 5.75 Å². The Kier molecular flexibility index (Phi) is 5.64. The fourth-order valence-corrected chi connectivity index (χ4v) is 5.04. The number of nitrogens with one attached hydrogen (secondary N) is 1. The Labute approximate surface area is 211 Å². The van der Waals surface area contributed by atoms with Gasteiger partial charge in [-0.3, -0.25) is 0 Å². The highest BCUT2D eigenvalue weighted by molar-refractivity contribution is 5.82. The predicted molar refractivity (Wildman–Crippen MR) is 144 cm³/mol. The quantitative estimate of drug-likeness (QED) is 0.349. The number of nitrogens with zero attached hydrogens (tertiary/aromatic N) is 4. The molecule has 6 nitrogen and oxygen atoms in total. The number of ether oxygens (including phenoxy) is 1. The summed E-state index contributed by atoms with van der Waals surface area (Å²) in [6.45, 7) is 8.32. The molecule has 0 bridgehead atoms. The van der Waals surface area contributed by atoms with Crippen molar-refractivity contribution < 1.29 is 4.74 Å². The van der Waals surface area contributed by atoms with E-state index in [1.54, 1.807) is 6.33 Å². The van der Waals surface area contributed by atoms with Crippen LogP contribution in [0.15, 0.2) is 67.0 Å². The van der Waals surface area contributed by atoms with E-state index in [0.29, 0.717) is 6.61 Å². The standard InChI is InChI=1S/C30H29N5O/c1-19-6-4-5-7-22(19)15-26-20(2)31-18-32-30(26)35-12-13-36-29-11-9-23(14-25(29)17-35)24-8-10-27-28(16-24)34-21(3)33-27/h4-11,14,16,18H,12-13,15,17H2,1-3H3,(H,33,34). The summed E-state index contributed by atoms with van der Waals surface area (Å²) < 4.78 is 6.17. The molecular weight excluding hydrogens is 446 g/mol. The zero-order valence-corrected chi connectivity index (χ0v) is 20.9. The first-order valence-electron chi connectivity index (χ1n) is 12.4. The van der Waals surface area contributed by atoms with Crippen LogP contribution in [0, 0.1) is 20.8 Å². The summed E-state index contributed by atoms with van der Waals surface area (Å²) in [6.07, 6.45) is 2.49. The average molecular weight is 476 g/mol. The maximum Gasteiger partial charge on any atom is 0.136 e. The molecule has 3 heterocycles. The van der Waals surface area contributed by atoms with E-state index in [4.69, 9.17) is 9.72 Å². The van der Waals surface area contributed by atoms with Crippen LogP contribution in [0.1, 0.15) is 33.8 Å². The van der Waals surface area contributed by atoms with E-state index < -0.39 is 0 Å². The van der Waals surface area contributed by atoms with Gasteiger partial charge in [0.2, 0.25) is 0 Å². The van der Waals surface area contributed by atoms with Gasteiger partial charge in [-0.15, -0.1) is 0 Å². The molecule has 0 atom stereocenters.